The van der Waals surface area contributed by atoms with Gasteiger partial charge in [0.25, 0.3) is 0 Å². The van der Waals surface area contributed by atoms with E-state index in [4.69, 9.17) is 23.3 Å². The highest BCUT2D eigenvalue weighted by Crippen LogP contribution is 2.43. The molecule has 0 aromatic heterocycles. The maximum absolute atomic E-state index is 12.9. The normalized spacial score (nSPS) is 14.0. The molecule has 2 N–H and O–H groups in total. The SMILES string of the molecule is CC/C=C\C/C=C\C/C=C\C/C=C\CCCCCCCCC(=O)OC(COC(=O)CCCCCCCCCCC/C=C\C/C=C\CCCCC)COP(=O)(O)OCC(CO)OC(=O)CCCCCCC/C=C\C/C=C\CCC. The zero-order chi connectivity index (χ0) is 56.9. The number of carbonyl (C=O) groups is 3. The van der Waals surface area contributed by atoms with E-state index >= 15 is 0 Å². The summed E-state index contributed by atoms with van der Waals surface area (Å²) in [6.45, 7) is 4.42. The van der Waals surface area contributed by atoms with Gasteiger partial charge in [-0.15, -0.1) is 0 Å². The Hall–Kier alpha value is -3.60. The number of rotatable bonds is 57. The molecule has 0 spiro atoms. The van der Waals surface area contributed by atoms with E-state index in [1.165, 1.54) is 57.8 Å². The molecule has 0 bridgehead atoms. The van der Waals surface area contributed by atoms with E-state index in [0.717, 1.165) is 148 Å². The summed E-state index contributed by atoms with van der Waals surface area (Å²) in [5, 5.41) is 9.83. The molecule has 3 unspecified atom stereocenters. The van der Waals surface area contributed by atoms with Crippen LogP contribution >= 0.6 is 7.82 Å². The van der Waals surface area contributed by atoms with Crippen LogP contribution in [0.5, 0.6) is 0 Å². The smallest absolute Gasteiger partial charge is 0.462 e. The predicted octanol–water partition coefficient (Wildman–Crippen LogP) is 18.8. The molecule has 448 valence electrons. The fraction of sp³-hybridized carbons (Fsp3) is 0.712. The third kappa shape index (κ3) is 57.1. The molecule has 0 amide bonds. The molecule has 0 heterocycles. The summed E-state index contributed by atoms with van der Waals surface area (Å²) in [6.07, 6.45) is 70.7. The lowest BCUT2D eigenvalue weighted by atomic mass is 10.1. The lowest BCUT2D eigenvalue weighted by Gasteiger charge is -2.21. The number of allylic oxidation sites excluding steroid dienone is 16. The molecule has 0 aliphatic carbocycles. The Morgan fingerprint density at radius 1 is 0.372 bits per heavy atom. The Labute approximate surface area is 476 Å². The molecular weight excluding hydrogens is 1000 g/mol. The molecule has 0 rings (SSSR count). The summed E-state index contributed by atoms with van der Waals surface area (Å²) in [4.78, 5) is 48.7. The van der Waals surface area contributed by atoms with Gasteiger partial charge in [-0.25, -0.2) is 4.57 Å². The van der Waals surface area contributed by atoms with Gasteiger partial charge in [-0.1, -0.05) is 227 Å². The molecule has 0 aliphatic rings. The minimum Gasteiger partial charge on any atom is -0.462 e. The second-order valence-corrected chi connectivity index (χ2v) is 21.9. The number of hydrogen-bond acceptors (Lipinski definition) is 10. The van der Waals surface area contributed by atoms with E-state index < -0.39 is 57.8 Å². The van der Waals surface area contributed by atoms with Crippen molar-refractivity contribution in [2.45, 2.75) is 277 Å². The highest BCUT2D eigenvalue weighted by atomic mass is 31.2. The van der Waals surface area contributed by atoms with E-state index in [0.29, 0.717) is 19.3 Å². The standard InChI is InChI=1S/C66H113O11P/c1-4-7-10-13-16-19-22-25-27-29-31-33-35-38-40-43-46-49-52-55-64(68)73-59-63(77-66(70)57-54-51-48-45-42-39-36-34-32-30-28-26-23-20-17-14-11-8-5-2)61-75-78(71,72)74-60-62(58-67)76-65(69)56-53-50-47-44-41-37-24-21-18-15-12-9-6-3/h8,11-12,15-17,19-21,24-28,32,34,62-63,67H,4-7,9-10,13-14,18,22-23,29-31,33,35-61H2,1-3H3,(H,71,72)/b11-8-,15-12-,19-16-,20-17-,24-21-,27-25-,28-26-,34-32-. The largest absolute Gasteiger partial charge is 0.472 e. The molecule has 78 heavy (non-hydrogen) atoms. The highest BCUT2D eigenvalue weighted by molar-refractivity contribution is 7.47. The van der Waals surface area contributed by atoms with Gasteiger partial charge in [0, 0.05) is 19.3 Å². The van der Waals surface area contributed by atoms with Crippen molar-refractivity contribution in [1.29, 1.82) is 0 Å². The Kier molecular flexibility index (Phi) is 56.8. The van der Waals surface area contributed by atoms with Gasteiger partial charge in [-0.05, 0) is 116 Å². The minimum atomic E-state index is -4.76. The van der Waals surface area contributed by atoms with Crippen molar-refractivity contribution < 1.29 is 52.2 Å². The molecule has 0 aliphatic heterocycles. The fourth-order valence-electron chi connectivity index (χ4n) is 8.24. The molecule has 12 heteroatoms. The van der Waals surface area contributed by atoms with Crippen molar-refractivity contribution in [2.24, 2.45) is 0 Å². The van der Waals surface area contributed by atoms with Gasteiger partial charge in [0.2, 0.25) is 0 Å². The number of carbonyl (C=O) groups excluding carboxylic acids is 3. The van der Waals surface area contributed by atoms with Gasteiger partial charge in [0.05, 0.1) is 19.8 Å². The van der Waals surface area contributed by atoms with Crippen LogP contribution < -0.4 is 0 Å². The van der Waals surface area contributed by atoms with E-state index in [1.807, 2.05) is 0 Å². The van der Waals surface area contributed by atoms with Gasteiger partial charge < -0.3 is 24.2 Å². The number of unbranched alkanes of at least 4 members (excludes halogenated alkanes) is 24. The predicted molar refractivity (Wildman–Crippen MR) is 325 cm³/mol. The van der Waals surface area contributed by atoms with Crippen molar-refractivity contribution in [1.82, 2.24) is 0 Å². The van der Waals surface area contributed by atoms with Crippen LogP contribution in [0.4, 0.5) is 0 Å². The van der Waals surface area contributed by atoms with Gasteiger partial charge in [-0.3, -0.25) is 23.4 Å². The lowest BCUT2D eigenvalue weighted by Crippen LogP contribution is -2.30. The van der Waals surface area contributed by atoms with E-state index in [2.05, 4.69) is 118 Å². The molecule has 0 aromatic rings. The zero-order valence-electron chi connectivity index (χ0n) is 49.6. The summed E-state index contributed by atoms with van der Waals surface area (Å²) in [5.74, 6) is -1.50. The van der Waals surface area contributed by atoms with Crippen LogP contribution in [0.15, 0.2) is 97.2 Å². The first-order valence-electron chi connectivity index (χ1n) is 31.1. The van der Waals surface area contributed by atoms with E-state index in [9.17, 15) is 28.9 Å². The van der Waals surface area contributed by atoms with Gasteiger partial charge in [0.15, 0.2) is 6.10 Å². The Bertz CT molecular complexity index is 1680. The average molecular weight is 1110 g/mol. The molecule has 0 fully saturated rings. The summed E-state index contributed by atoms with van der Waals surface area (Å²) < 4.78 is 39.6. The van der Waals surface area contributed by atoms with Crippen LogP contribution in [-0.4, -0.2) is 66.5 Å². The highest BCUT2D eigenvalue weighted by Gasteiger charge is 2.28. The summed E-state index contributed by atoms with van der Waals surface area (Å²) >= 11 is 0. The molecule has 11 nitrogen and oxygen atoms in total. The minimum absolute atomic E-state index is 0.146. The van der Waals surface area contributed by atoms with Crippen molar-refractivity contribution in [3.8, 4) is 0 Å². The molecule has 0 aromatic carbocycles. The van der Waals surface area contributed by atoms with Crippen LogP contribution in [0.2, 0.25) is 0 Å². The number of hydrogen-bond donors (Lipinski definition) is 2. The molecule has 0 saturated carbocycles. The van der Waals surface area contributed by atoms with E-state index in [1.54, 1.807) is 0 Å². The monoisotopic (exact) mass is 1110 g/mol. The van der Waals surface area contributed by atoms with Gasteiger partial charge in [0.1, 0.15) is 12.7 Å². The Balaban J connectivity index is 4.76. The number of phosphoric acid groups is 1. The first-order valence-corrected chi connectivity index (χ1v) is 32.6. The molecule has 0 saturated heterocycles. The Morgan fingerprint density at radius 2 is 0.692 bits per heavy atom. The average Bonchev–Trinajstić information content (AvgIpc) is 3.43. The second-order valence-electron chi connectivity index (χ2n) is 20.5. The van der Waals surface area contributed by atoms with Crippen LogP contribution in [-0.2, 0) is 42.2 Å². The number of phosphoric ester groups is 1. The lowest BCUT2D eigenvalue weighted by molar-refractivity contribution is -0.161. The third-order valence-corrected chi connectivity index (χ3v) is 13.9. The topological polar surface area (TPSA) is 155 Å². The number of aliphatic hydroxyl groups is 1. The molecule has 0 radical (unpaired) electrons. The van der Waals surface area contributed by atoms with Crippen molar-refractivity contribution in [2.75, 3.05) is 26.4 Å². The van der Waals surface area contributed by atoms with Crippen LogP contribution in [0, 0.1) is 0 Å². The first-order chi connectivity index (χ1) is 38.2. The molecule has 3 atom stereocenters. The fourth-order valence-corrected chi connectivity index (χ4v) is 9.02. The maximum Gasteiger partial charge on any atom is 0.472 e. The Morgan fingerprint density at radius 3 is 1.08 bits per heavy atom. The van der Waals surface area contributed by atoms with Crippen molar-refractivity contribution in [3.63, 3.8) is 0 Å². The quantitative estimate of drug-likeness (QED) is 0.0197. The van der Waals surface area contributed by atoms with Crippen LogP contribution in [0.3, 0.4) is 0 Å². The van der Waals surface area contributed by atoms with Crippen LogP contribution in [0.1, 0.15) is 265 Å². The number of aliphatic hydroxyl groups excluding tert-OH is 1. The third-order valence-electron chi connectivity index (χ3n) is 12.9. The summed E-state index contributed by atoms with van der Waals surface area (Å²) in [6, 6.07) is 0. The van der Waals surface area contributed by atoms with Crippen molar-refractivity contribution >= 4 is 25.7 Å². The van der Waals surface area contributed by atoms with E-state index in [-0.39, 0.29) is 25.9 Å². The summed E-state index contributed by atoms with van der Waals surface area (Å²) in [5.41, 5.74) is 0. The maximum atomic E-state index is 12.9. The van der Waals surface area contributed by atoms with Gasteiger partial charge in [-0.2, -0.15) is 0 Å². The first kappa shape index (κ1) is 74.4. The van der Waals surface area contributed by atoms with Crippen molar-refractivity contribution in [3.05, 3.63) is 97.2 Å². The van der Waals surface area contributed by atoms with Gasteiger partial charge >= 0.3 is 25.7 Å². The second kappa shape index (κ2) is 59.5. The number of esters is 3. The number of ether oxygens (including phenoxy) is 3. The zero-order valence-corrected chi connectivity index (χ0v) is 50.5. The molecular formula is C66H113O11P. The summed E-state index contributed by atoms with van der Waals surface area (Å²) in [7, 11) is -4.76. The van der Waals surface area contributed by atoms with Crippen LogP contribution in [0.25, 0.3) is 0 Å².